The molecule has 2 nitrogen and oxygen atoms in total. The highest BCUT2D eigenvalue weighted by Crippen LogP contribution is 2.51. The van der Waals surface area contributed by atoms with Crippen molar-refractivity contribution in [3.63, 3.8) is 0 Å². The van der Waals surface area contributed by atoms with Crippen molar-refractivity contribution in [3.8, 4) is 0 Å². The number of rotatable bonds is 10. The fourth-order valence-corrected chi connectivity index (χ4v) is 7.24. The van der Waals surface area contributed by atoms with E-state index in [1.165, 1.54) is 9.81 Å². The fraction of sp³-hybridized carbons (Fsp3) is 0.714. The first-order valence-corrected chi connectivity index (χ1v) is 12.4. The number of allylic oxidation sites excluding steroid dienone is 4. The van der Waals surface area contributed by atoms with Crippen LogP contribution in [0.2, 0.25) is 0 Å². The third kappa shape index (κ3) is 5.18. The van der Waals surface area contributed by atoms with Crippen molar-refractivity contribution in [2.45, 2.75) is 82.1 Å². The summed E-state index contributed by atoms with van der Waals surface area (Å²) in [5.74, 6) is 0.258. The molecule has 2 rings (SSSR count). The van der Waals surface area contributed by atoms with Crippen molar-refractivity contribution in [3.05, 3.63) is 22.0 Å². The summed E-state index contributed by atoms with van der Waals surface area (Å²) < 4.78 is -0.504. The lowest BCUT2D eigenvalue weighted by atomic mass is 9.81. The molecule has 0 aromatic rings. The monoisotopic (exact) mass is 448 g/mol. The molecule has 27 heavy (non-hydrogen) atoms. The molecule has 0 fully saturated rings. The molecule has 6 heteroatoms. The van der Waals surface area contributed by atoms with Crippen LogP contribution < -0.4 is 0 Å². The largest absolute Gasteiger partial charge is 0.299 e. The Hall–Kier alpha value is 0.1000. The Bertz CT molecular complexity index is 592. The number of carbonyl (C=O) groups excluding carboxylic acids is 2. The smallest absolute Gasteiger partial charge is 0.144 e. The van der Waals surface area contributed by atoms with Gasteiger partial charge >= 0.3 is 0 Å². The number of carbonyl (C=O) groups is 2. The third-order valence-electron chi connectivity index (χ3n) is 5.38. The molecule has 0 aromatic heterocycles. The van der Waals surface area contributed by atoms with E-state index in [0.717, 1.165) is 25.7 Å². The second-order valence-electron chi connectivity index (χ2n) is 7.85. The topological polar surface area (TPSA) is 34.1 Å². The standard InChI is InChI=1S/C21H30Cl2O2S2/c1-5-8-14-12-20(3,18(22)26-14)16(24)10-7-11-17(25)21(4)13-15(9-6-2)27-19(21)23/h12-13,18-19H,5-11H2,1-4H3. The van der Waals surface area contributed by atoms with Crippen molar-refractivity contribution < 1.29 is 9.59 Å². The number of hydrogen-bond donors (Lipinski definition) is 0. The first-order chi connectivity index (χ1) is 12.7. The van der Waals surface area contributed by atoms with Crippen molar-refractivity contribution in [1.82, 2.24) is 0 Å². The molecule has 0 bridgehead atoms. The molecule has 0 saturated heterocycles. The Balaban J connectivity index is 1.92. The van der Waals surface area contributed by atoms with Crippen LogP contribution in [0.4, 0.5) is 0 Å². The summed E-state index contributed by atoms with van der Waals surface area (Å²) in [6, 6.07) is 0. The average molecular weight is 450 g/mol. The summed E-state index contributed by atoms with van der Waals surface area (Å²) in [7, 11) is 0. The zero-order chi connectivity index (χ0) is 20.2. The van der Waals surface area contributed by atoms with Gasteiger partial charge in [-0.2, -0.15) is 0 Å². The molecule has 2 heterocycles. The lowest BCUT2D eigenvalue weighted by Crippen LogP contribution is -2.32. The predicted molar refractivity (Wildman–Crippen MR) is 121 cm³/mol. The van der Waals surface area contributed by atoms with E-state index >= 15 is 0 Å². The molecule has 0 N–H and O–H groups in total. The van der Waals surface area contributed by atoms with E-state index < -0.39 is 10.8 Å². The Labute approximate surface area is 182 Å². The maximum Gasteiger partial charge on any atom is 0.144 e. The molecule has 0 spiro atoms. The second kappa shape index (κ2) is 9.73. The number of alkyl halides is 2. The van der Waals surface area contributed by atoms with Crippen LogP contribution in [0.5, 0.6) is 0 Å². The number of ketones is 2. The Kier molecular flexibility index (Phi) is 8.43. The molecule has 0 aromatic carbocycles. The molecule has 2 aliphatic heterocycles. The summed E-state index contributed by atoms with van der Waals surface area (Å²) in [4.78, 5) is 28.0. The van der Waals surface area contributed by atoms with Gasteiger partial charge in [-0.05, 0) is 42.9 Å². The van der Waals surface area contributed by atoms with Crippen LogP contribution in [-0.2, 0) is 9.59 Å². The fourth-order valence-electron chi connectivity index (χ4n) is 3.50. The predicted octanol–water partition coefficient (Wildman–Crippen LogP) is 7.30. The van der Waals surface area contributed by atoms with Gasteiger partial charge in [0.1, 0.15) is 11.6 Å². The number of halogens is 2. The van der Waals surface area contributed by atoms with Gasteiger partial charge in [0.25, 0.3) is 0 Å². The Morgan fingerprint density at radius 3 is 1.59 bits per heavy atom. The summed E-state index contributed by atoms with van der Waals surface area (Å²) in [6.07, 6.45) is 9.44. The summed E-state index contributed by atoms with van der Waals surface area (Å²) >= 11 is 16.1. The van der Waals surface area contributed by atoms with Crippen LogP contribution in [0.1, 0.15) is 72.6 Å². The van der Waals surface area contributed by atoms with E-state index in [1.807, 2.05) is 26.0 Å². The highest BCUT2D eigenvalue weighted by Gasteiger charge is 2.45. The molecule has 0 radical (unpaired) electrons. The van der Waals surface area contributed by atoms with E-state index in [2.05, 4.69) is 13.8 Å². The Morgan fingerprint density at radius 2 is 1.26 bits per heavy atom. The van der Waals surface area contributed by atoms with Gasteiger partial charge in [0.2, 0.25) is 0 Å². The molecule has 4 atom stereocenters. The molecule has 0 amide bonds. The third-order valence-corrected chi connectivity index (χ3v) is 9.46. The van der Waals surface area contributed by atoms with Crippen LogP contribution in [0.3, 0.4) is 0 Å². The minimum Gasteiger partial charge on any atom is -0.299 e. The molecule has 0 saturated carbocycles. The van der Waals surface area contributed by atoms with E-state index in [-0.39, 0.29) is 21.0 Å². The first kappa shape index (κ1) is 23.4. The normalized spacial score (nSPS) is 33.1. The van der Waals surface area contributed by atoms with Gasteiger partial charge in [-0.25, -0.2) is 0 Å². The molecular formula is C21H30Cl2O2S2. The van der Waals surface area contributed by atoms with Gasteiger partial charge in [-0.3, -0.25) is 9.59 Å². The van der Waals surface area contributed by atoms with Crippen LogP contribution >= 0.6 is 46.7 Å². The van der Waals surface area contributed by atoms with Crippen molar-refractivity contribution >= 4 is 58.3 Å². The van der Waals surface area contributed by atoms with Crippen molar-refractivity contribution in [2.75, 3.05) is 0 Å². The Morgan fingerprint density at radius 1 is 0.889 bits per heavy atom. The lowest BCUT2D eigenvalue weighted by molar-refractivity contribution is -0.126. The minimum atomic E-state index is -0.629. The van der Waals surface area contributed by atoms with Gasteiger partial charge in [0.05, 0.1) is 20.2 Å². The van der Waals surface area contributed by atoms with Gasteiger partial charge in [-0.1, -0.05) is 38.8 Å². The van der Waals surface area contributed by atoms with Gasteiger partial charge < -0.3 is 0 Å². The van der Waals surface area contributed by atoms with E-state index in [4.69, 9.17) is 23.2 Å². The van der Waals surface area contributed by atoms with E-state index in [1.54, 1.807) is 23.5 Å². The zero-order valence-corrected chi connectivity index (χ0v) is 19.8. The number of Topliss-reactive ketones (excluding diaryl/α,β-unsaturated/α-hetero) is 2. The SMILES string of the molecule is CCCC1=CC(C)(C(=O)CCCC(=O)C2(C)C=C(CCC)SC2Cl)C(Cl)S1. The van der Waals surface area contributed by atoms with Crippen LogP contribution in [0.15, 0.2) is 22.0 Å². The average Bonchev–Trinajstić information content (AvgIpc) is 3.05. The summed E-state index contributed by atoms with van der Waals surface area (Å²) in [5, 5.41) is 0. The molecular weight excluding hydrogens is 419 g/mol. The quantitative estimate of drug-likeness (QED) is 0.328. The number of thioether (sulfide) groups is 2. The summed E-state index contributed by atoms with van der Waals surface area (Å²) in [6.45, 7) is 8.10. The highest BCUT2D eigenvalue weighted by molar-refractivity contribution is 8.05. The molecule has 152 valence electrons. The zero-order valence-electron chi connectivity index (χ0n) is 16.6. The second-order valence-corrected chi connectivity index (χ2v) is 11.7. The van der Waals surface area contributed by atoms with Crippen molar-refractivity contribution in [2.24, 2.45) is 10.8 Å². The maximum atomic E-state index is 12.8. The van der Waals surface area contributed by atoms with Gasteiger partial charge in [-0.15, -0.1) is 46.7 Å². The summed E-state index contributed by atoms with van der Waals surface area (Å²) in [5.41, 5.74) is -1.26. The van der Waals surface area contributed by atoms with E-state index in [9.17, 15) is 9.59 Å². The molecule has 4 unspecified atom stereocenters. The number of hydrogen-bond acceptors (Lipinski definition) is 4. The lowest BCUT2D eigenvalue weighted by Gasteiger charge is -2.25. The highest BCUT2D eigenvalue weighted by atomic mass is 35.5. The van der Waals surface area contributed by atoms with Crippen LogP contribution in [0, 0.1) is 10.8 Å². The van der Waals surface area contributed by atoms with Crippen molar-refractivity contribution in [1.29, 1.82) is 0 Å². The van der Waals surface area contributed by atoms with Crippen LogP contribution in [0.25, 0.3) is 0 Å². The van der Waals surface area contributed by atoms with Gasteiger partial charge in [0, 0.05) is 12.8 Å². The van der Waals surface area contributed by atoms with Crippen LogP contribution in [-0.4, -0.2) is 21.0 Å². The van der Waals surface area contributed by atoms with Gasteiger partial charge in [0.15, 0.2) is 0 Å². The minimum absolute atomic E-state index is 0.129. The molecule has 0 aliphatic carbocycles. The molecule has 2 aliphatic rings. The van der Waals surface area contributed by atoms with E-state index in [0.29, 0.717) is 19.3 Å². The first-order valence-electron chi connectivity index (χ1n) is 9.78. The maximum absolute atomic E-state index is 12.8.